The van der Waals surface area contributed by atoms with Crippen molar-refractivity contribution in [2.75, 3.05) is 0 Å². The highest BCUT2D eigenvalue weighted by Gasteiger charge is 2.17. The van der Waals surface area contributed by atoms with Crippen LogP contribution in [0.4, 0.5) is 0 Å². The van der Waals surface area contributed by atoms with Crippen molar-refractivity contribution in [3.63, 3.8) is 0 Å². The molecule has 0 rings (SSSR count). The third kappa shape index (κ3) is 35.8. The topological polar surface area (TPSA) is 0 Å². The van der Waals surface area contributed by atoms with Crippen LogP contribution in [0, 0.1) is 76.9 Å². The fourth-order valence-corrected chi connectivity index (χ4v) is 7.69. The third-order valence-electron chi connectivity index (χ3n) is 12.1. The van der Waals surface area contributed by atoms with Crippen molar-refractivity contribution in [1.29, 1.82) is 0 Å². The van der Waals surface area contributed by atoms with Crippen LogP contribution < -0.4 is 0 Å². The largest absolute Gasteiger partial charge is 0.0651 e. The molecule has 10 atom stereocenters. The van der Waals surface area contributed by atoms with E-state index in [1.807, 2.05) is 0 Å². The highest BCUT2D eigenvalue weighted by Crippen LogP contribution is 2.29. The van der Waals surface area contributed by atoms with Gasteiger partial charge in [0, 0.05) is 0 Å². The monoisotopic (exact) mass is 679 g/mol. The maximum Gasteiger partial charge on any atom is -0.0414 e. The summed E-state index contributed by atoms with van der Waals surface area (Å²) in [7, 11) is 0. The quantitative estimate of drug-likeness (QED) is 0.0799. The zero-order valence-electron chi connectivity index (χ0n) is 37.8. The molecule has 0 saturated heterocycles. The minimum absolute atomic E-state index is 0.859. The van der Waals surface area contributed by atoms with Crippen LogP contribution >= 0.6 is 0 Å². The van der Waals surface area contributed by atoms with Gasteiger partial charge >= 0.3 is 0 Å². The zero-order chi connectivity index (χ0) is 37.8. The van der Waals surface area contributed by atoms with Gasteiger partial charge in [-0.1, -0.05) is 202 Å². The first kappa shape index (κ1) is 52.4. The first-order chi connectivity index (χ1) is 22.3. The molecule has 0 aromatic carbocycles. The maximum atomic E-state index is 2.45. The van der Waals surface area contributed by atoms with Crippen LogP contribution in [0.15, 0.2) is 0 Å². The molecule has 0 heteroatoms. The molecule has 0 fully saturated rings. The molecule has 0 aliphatic rings. The molecule has 10 unspecified atom stereocenters. The number of hydrogen-bond acceptors (Lipinski definition) is 0. The predicted molar refractivity (Wildman–Crippen MR) is 227 cm³/mol. The first-order valence-corrected chi connectivity index (χ1v) is 22.3. The molecule has 0 heterocycles. The van der Waals surface area contributed by atoms with Gasteiger partial charge in [-0.3, -0.25) is 0 Å². The Morgan fingerprint density at radius 1 is 0.250 bits per heavy atom. The van der Waals surface area contributed by atoms with E-state index in [1.54, 1.807) is 0 Å². The molecular weight excluding hydrogens is 577 g/mol. The molecule has 0 bridgehead atoms. The van der Waals surface area contributed by atoms with Gasteiger partial charge in [0.05, 0.1) is 0 Å². The van der Waals surface area contributed by atoms with Gasteiger partial charge in [0.2, 0.25) is 0 Å². The van der Waals surface area contributed by atoms with Gasteiger partial charge in [-0.05, 0) is 109 Å². The van der Waals surface area contributed by atoms with Gasteiger partial charge in [0.1, 0.15) is 0 Å². The summed E-state index contributed by atoms with van der Waals surface area (Å²) in [6.45, 7) is 45.1. The molecule has 294 valence electrons. The van der Waals surface area contributed by atoms with Gasteiger partial charge in [-0.15, -0.1) is 0 Å². The average molecular weight is 679 g/mol. The Kier molecular flexibility index (Phi) is 35.9. The van der Waals surface area contributed by atoms with E-state index in [9.17, 15) is 0 Å². The Labute approximate surface area is 310 Å². The highest BCUT2D eigenvalue weighted by molar-refractivity contribution is 4.69. The summed E-state index contributed by atoms with van der Waals surface area (Å²) < 4.78 is 0. The molecule has 0 amide bonds. The minimum Gasteiger partial charge on any atom is -0.0651 e. The molecule has 0 aromatic rings. The van der Waals surface area contributed by atoms with Crippen LogP contribution in [0.1, 0.15) is 234 Å². The summed E-state index contributed by atoms with van der Waals surface area (Å²) >= 11 is 0. The summed E-state index contributed by atoms with van der Waals surface area (Å²) in [6.07, 6.45) is 22.5. The second kappa shape index (κ2) is 32.9. The molecule has 0 nitrogen and oxygen atoms in total. The van der Waals surface area contributed by atoms with Gasteiger partial charge < -0.3 is 0 Å². The Hall–Kier alpha value is 0. The lowest BCUT2D eigenvalue weighted by atomic mass is 9.82. The normalized spacial score (nSPS) is 18.1. The summed E-state index contributed by atoms with van der Waals surface area (Å²) in [4.78, 5) is 0. The molecule has 48 heavy (non-hydrogen) atoms. The Morgan fingerprint density at radius 2 is 0.521 bits per heavy atom. The van der Waals surface area contributed by atoms with Crippen molar-refractivity contribution < 1.29 is 0 Å². The summed E-state index contributed by atoms with van der Waals surface area (Å²) in [5.41, 5.74) is 0. The first-order valence-electron chi connectivity index (χ1n) is 22.3. The Balaban J connectivity index is -0.000000637. The fourth-order valence-electron chi connectivity index (χ4n) is 7.69. The molecule has 0 N–H and O–H groups in total. The maximum absolute atomic E-state index is 2.45. The van der Waals surface area contributed by atoms with Crippen LogP contribution in [-0.2, 0) is 0 Å². The van der Waals surface area contributed by atoms with E-state index >= 15 is 0 Å². The van der Waals surface area contributed by atoms with E-state index in [2.05, 4.69) is 132 Å². The molecule has 0 aliphatic carbocycles. The summed E-state index contributed by atoms with van der Waals surface area (Å²) in [5, 5.41) is 0. The Morgan fingerprint density at radius 3 is 0.792 bits per heavy atom. The van der Waals surface area contributed by atoms with Gasteiger partial charge in [-0.25, -0.2) is 0 Å². The van der Waals surface area contributed by atoms with E-state index in [0.29, 0.717) is 0 Å². The van der Waals surface area contributed by atoms with Crippen molar-refractivity contribution >= 4 is 0 Å². The highest BCUT2D eigenvalue weighted by atomic mass is 14.2. The second-order valence-corrected chi connectivity index (χ2v) is 19.6. The van der Waals surface area contributed by atoms with Gasteiger partial charge in [0.25, 0.3) is 0 Å². The van der Waals surface area contributed by atoms with Crippen molar-refractivity contribution in [3.05, 3.63) is 0 Å². The lowest BCUT2D eigenvalue weighted by Crippen LogP contribution is -2.13. The summed E-state index contributed by atoms with van der Waals surface area (Å²) in [5.74, 6) is 11.7. The van der Waals surface area contributed by atoms with Crippen molar-refractivity contribution in [1.82, 2.24) is 0 Å². The fraction of sp³-hybridized carbons (Fsp3) is 1.00. The van der Waals surface area contributed by atoms with Gasteiger partial charge in [-0.2, -0.15) is 0 Å². The van der Waals surface area contributed by atoms with Crippen LogP contribution in [0.3, 0.4) is 0 Å². The van der Waals surface area contributed by atoms with E-state index in [1.165, 1.54) is 103 Å². The molecule has 0 aromatic heterocycles. The molecule has 0 aliphatic heterocycles. The van der Waals surface area contributed by atoms with Crippen molar-refractivity contribution in [3.8, 4) is 0 Å². The Bertz CT molecular complexity index is 590. The van der Waals surface area contributed by atoms with E-state index in [4.69, 9.17) is 0 Å². The third-order valence-corrected chi connectivity index (χ3v) is 12.1. The van der Waals surface area contributed by atoms with E-state index in [0.717, 1.165) is 76.9 Å². The molecular formula is C48H102. The SMILES string of the molecule is CCC(C)CC(C)C(C)CCC(C)CC(C)C.CCC(C)CC(C)C(C)CCC(C)CC(C)C.CCC(C)CCCCC(C)CC(C)C. The van der Waals surface area contributed by atoms with Crippen LogP contribution in [0.2, 0.25) is 0 Å². The number of rotatable bonds is 26. The standard InChI is InChI=1S/2C17H36.C14H30/c2*1-8-14(4)12-17(7)16(6)10-9-15(5)11-13(2)3;1-6-13(4)9-7-8-10-14(5)11-12(2)3/h2*13-17H,8-12H2,1-7H3;12-14H,6-11H2,1-5H3. The number of unbranched alkanes of at least 4 members (excludes halogenated alkanes) is 1. The summed E-state index contributed by atoms with van der Waals surface area (Å²) in [6, 6.07) is 0. The lowest BCUT2D eigenvalue weighted by molar-refractivity contribution is 0.272. The lowest BCUT2D eigenvalue weighted by Gasteiger charge is -2.24. The van der Waals surface area contributed by atoms with Crippen LogP contribution in [0.25, 0.3) is 0 Å². The van der Waals surface area contributed by atoms with E-state index < -0.39 is 0 Å². The van der Waals surface area contributed by atoms with Crippen LogP contribution in [-0.4, -0.2) is 0 Å². The minimum atomic E-state index is 0.859. The van der Waals surface area contributed by atoms with Crippen LogP contribution in [0.5, 0.6) is 0 Å². The van der Waals surface area contributed by atoms with Crippen molar-refractivity contribution in [2.45, 2.75) is 234 Å². The van der Waals surface area contributed by atoms with Gasteiger partial charge in [0.15, 0.2) is 0 Å². The zero-order valence-corrected chi connectivity index (χ0v) is 37.8. The average Bonchev–Trinajstić information content (AvgIpc) is 2.99. The molecule has 0 spiro atoms. The predicted octanol–water partition coefficient (Wildman–Crippen LogP) is 17.6. The molecule has 0 radical (unpaired) electrons. The molecule has 0 saturated carbocycles. The smallest absolute Gasteiger partial charge is 0.0414 e. The van der Waals surface area contributed by atoms with E-state index in [-0.39, 0.29) is 0 Å². The second-order valence-electron chi connectivity index (χ2n) is 19.6. The van der Waals surface area contributed by atoms with Crippen molar-refractivity contribution in [2.24, 2.45) is 76.9 Å². The number of hydrogen-bond donors (Lipinski definition) is 0.